The van der Waals surface area contributed by atoms with Crippen LogP contribution >= 0.6 is 46.4 Å². The fraction of sp³-hybridized carbons (Fsp3) is 0.125. The summed E-state index contributed by atoms with van der Waals surface area (Å²) in [6.45, 7) is 0.100. The van der Waals surface area contributed by atoms with Gasteiger partial charge in [0.2, 0.25) is 0 Å². The monoisotopic (exact) mass is 268 g/mol. The van der Waals surface area contributed by atoms with Crippen LogP contribution in [0.2, 0.25) is 20.1 Å². The third kappa shape index (κ3) is 1.79. The number of hydrogen-bond donors (Lipinski definition) is 1. The fourth-order valence-electron chi connectivity index (χ4n) is 0.960. The second-order valence-electron chi connectivity index (χ2n) is 2.43. The normalized spacial score (nSPS) is 10.0. The Balaban J connectivity index is 3.67. The lowest BCUT2D eigenvalue weighted by atomic mass is 10.1. The van der Waals surface area contributed by atoms with Crippen LogP contribution in [0.1, 0.15) is 11.1 Å². The van der Waals surface area contributed by atoms with Gasteiger partial charge in [0, 0.05) is 12.1 Å². The molecule has 0 atom stereocenters. The Kier molecular flexibility index (Phi) is 3.88. The van der Waals surface area contributed by atoms with E-state index in [2.05, 4.69) is 0 Å². The number of rotatable bonds is 1. The van der Waals surface area contributed by atoms with E-state index in [1.165, 1.54) is 0 Å². The zero-order valence-corrected chi connectivity index (χ0v) is 9.77. The van der Waals surface area contributed by atoms with Crippen LogP contribution in [-0.4, -0.2) is 0 Å². The number of benzene rings is 1. The van der Waals surface area contributed by atoms with E-state index >= 15 is 0 Å². The Labute approximate surface area is 101 Å². The zero-order valence-electron chi connectivity index (χ0n) is 6.74. The molecule has 74 valence electrons. The fourth-order valence-corrected chi connectivity index (χ4v) is 2.12. The highest BCUT2D eigenvalue weighted by Crippen LogP contribution is 2.40. The maximum atomic E-state index is 8.77. The van der Waals surface area contributed by atoms with Crippen molar-refractivity contribution in [1.82, 2.24) is 0 Å². The molecular formula is C8H4Cl4N2. The molecule has 0 aliphatic heterocycles. The second kappa shape index (κ2) is 4.57. The summed E-state index contributed by atoms with van der Waals surface area (Å²) in [5.41, 5.74) is 5.94. The van der Waals surface area contributed by atoms with Crippen LogP contribution in [0, 0.1) is 11.3 Å². The summed E-state index contributed by atoms with van der Waals surface area (Å²) in [7, 11) is 0. The average Bonchev–Trinajstić information content (AvgIpc) is 2.16. The molecule has 0 aliphatic carbocycles. The van der Waals surface area contributed by atoms with Gasteiger partial charge in [0.15, 0.2) is 0 Å². The Morgan fingerprint density at radius 2 is 1.57 bits per heavy atom. The van der Waals surface area contributed by atoms with Gasteiger partial charge in [-0.1, -0.05) is 46.4 Å². The zero-order chi connectivity index (χ0) is 10.9. The predicted octanol–water partition coefficient (Wildman–Crippen LogP) is 3.63. The molecule has 0 radical (unpaired) electrons. The average molecular weight is 270 g/mol. The third-order valence-corrected chi connectivity index (χ3v) is 3.45. The number of nitriles is 1. The van der Waals surface area contributed by atoms with Gasteiger partial charge in [-0.05, 0) is 0 Å². The molecule has 0 fully saturated rings. The van der Waals surface area contributed by atoms with E-state index in [1.807, 2.05) is 6.07 Å². The van der Waals surface area contributed by atoms with Crippen molar-refractivity contribution in [1.29, 1.82) is 5.26 Å². The van der Waals surface area contributed by atoms with Gasteiger partial charge in [0.25, 0.3) is 0 Å². The molecule has 0 spiro atoms. The molecule has 0 saturated carbocycles. The highest BCUT2D eigenvalue weighted by Gasteiger charge is 2.18. The number of nitrogens with zero attached hydrogens (tertiary/aromatic N) is 1. The van der Waals surface area contributed by atoms with Gasteiger partial charge in [0.1, 0.15) is 6.07 Å². The smallest absolute Gasteiger partial charge is 0.102 e. The quantitative estimate of drug-likeness (QED) is 0.625. The Hall–Kier alpha value is -0.170. The molecule has 2 N–H and O–H groups in total. The molecule has 1 aromatic carbocycles. The van der Waals surface area contributed by atoms with Crippen molar-refractivity contribution in [2.75, 3.05) is 0 Å². The molecule has 0 heterocycles. The van der Waals surface area contributed by atoms with E-state index in [4.69, 9.17) is 57.4 Å². The van der Waals surface area contributed by atoms with Gasteiger partial charge in [-0.25, -0.2) is 0 Å². The molecule has 0 amide bonds. The predicted molar refractivity (Wildman–Crippen MR) is 59.1 cm³/mol. The van der Waals surface area contributed by atoms with Crippen molar-refractivity contribution in [2.45, 2.75) is 6.54 Å². The number of nitrogens with two attached hydrogens (primary N) is 1. The first-order valence-electron chi connectivity index (χ1n) is 3.49. The highest BCUT2D eigenvalue weighted by atomic mass is 35.5. The van der Waals surface area contributed by atoms with Gasteiger partial charge in [-0.3, -0.25) is 0 Å². The molecule has 0 aromatic heterocycles. The lowest BCUT2D eigenvalue weighted by Gasteiger charge is -2.09. The minimum absolute atomic E-state index is 0.0568. The van der Waals surface area contributed by atoms with Crippen LogP contribution in [0.15, 0.2) is 0 Å². The first-order chi connectivity index (χ1) is 6.54. The van der Waals surface area contributed by atoms with E-state index in [0.29, 0.717) is 5.56 Å². The summed E-state index contributed by atoms with van der Waals surface area (Å²) < 4.78 is 0. The second-order valence-corrected chi connectivity index (χ2v) is 3.94. The Morgan fingerprint density at radius 1 is 1.00 bits per heavy atom. The van der Waals surface area contributed by atoms with Crippen molar-refractivity contribution >= 4 is 46.4 Å². The van der Waals surface area contributed by atoms with Crippen molar-refractivity contribution in [3.8, 4) is 6.07 Å². The van der Waals surface area contributed by atoms with Crippen LogP contribution < -0.4 is 5.73 Å². The molecule has 6 heteroatoms. The van der Waals surface area contributed by atoms with Crippen LogP contribution in [-0.2, 0) is 6.54 Å². The van der Waals surface area contributed by atoms with Gasteiger partial charge >= 0.3 is 0 Å². The van der Waals surface area contributed by atoms with E-state index in [1.54, 1.807) is 0 Å². The Morgan fingerprint density at radius 3 is 2.00 bits per heavy atom. The summed E-state index contributed by atoms with van der Waals surface area (Å²) in [6.07, 6.45) is 0. The summed E-state index contributed by atoms with van der Waals surface area (Å²) >= 11 is 23.3. The van der Waals surface area contributed by atoms with Crippen molar-refractivity contribution in [2.24, 2.45) is 5.73 Å². The highest BCUT2D eigenvalue weighted by molar-refractivity contribution is 6.50. The Bertz CT molecular complexity index is 420. The standard InChI is InChI=1S/C8H4Cl4N2/c9-5-3(1-13)6(10)8(12)7(11)4(5)2-14/h1,13H2. The number of halogens is 4. The van der Waals surface area contributed by atoms with E-state index in [0.717, 1.165) is 0 Å². The number of hydrogen-bond acceptors (Lipinski definition) is 2. The first kappa shape index (κ1) is 11.9. The summed E-state index contributed by atoms with van der Waals surface area (Å²) in [5.74, 6) is 0. The topological polar surface area (TPSA) is 49.8 Å². The van der Waals surface area contributed by atoms with E-state index in [9.17, 15) is 0 Å². The molecular weight excluding hydrogens is 266 g/mol. The van der Waals surface area contributed by atoms with Crippen molar-refractivity contribution in [3.05, 3.63) is 31.2 Å². The molecule has 0 unspecified atom stereocenters. The SMILES string of the molecule is N#Cc1c(Cl)c(Cl)c(Cl)c(CN)c1Cl. The van der Waals surface area contributed by atoms with Gasteiger partial charge < -0.3 is 5.73 Å². The third-order valence-electron chi connectivity index (χ3n) is 1.67. The molecule has 0 aliphatic rings. The van der Waals surface area contributed by atoms with Crippen LogP contribution in [0.5, 0.6) is 0 Å². The minimum Gasteiger partial charge on any atom is -0.326 e. The summed E-state index contributed by atoms with van der Waals surface area (Å²) in [6, 6.07) is 1.84. The molecule has 1 aromatic rings. The van der Waals surface area contributed by atoms with Crippen molar-refractivity contribution < 1.29 is 0 Å². The molecule has 14 heavy (non-hydrogen) atoms. The van der Waals surface area contributed by atoms with Gasteiger partial charge in [0.05, 0.1) is 25.7 Å². The molecule has 1 rings (SSSR count). The maximum absolute atomic E-state index is 8.77. The lowest BCUT2D eigenvalue weighted by molar-refractivity contribution is 1.07. The van der Waals surface area contributed by atoms with Crippen LogP contribution in [0.4, 0.5) is 0 Å². The maximum Gasteiger partial charge on any atom is 0.102 e. The lowest BCUT2D eigenvalue weighted by Crippen LogP contribution is -2.01. The van der Waals surface area contributed by atoms with Crippen molar-refractivity contribution in [3.63, 3.8) is 0 Å². The van der Waals surface area contributed by atoms with E-state index < -0.39 is 0 Å². The van der Waals surface area contributed by atoms with Gasteiger partial charge in [-0.15, -0.1) is 0 Å². The van der Waals surface area contributed by atoms with Gasteiger partial charge in [-0.2, -0.15) is 5.26 Å². The summed E-state index contributed by atoms with van der Waals surface area (Å²) in [5, 5.41) is 9.30. The van der Waals surface area contributed by atoms with Crippen LogP contribution in [0.3, 0.4) is 0 Å². The minimum atomic E-state index is 0.0568. The summed E-state index contributed by atoms with van der Waals surface area (Å²) in [4.78, 5) is 0. The molecule has 2 nitrogen and oxygen atoms in total. The molecule has 0 saturated heterocycles. The largest absolute Gasteiger partial charge is 0.326 e. The first-order valence-corrected chi connectivity index (χ1v) is 5.00. The van der Waals surface area contributed by atoms with Crippen LogP contribution in [0.25, 0.3) is 0 Å². The molecule has 0 bridgehead atoms. The van der Waals surface area contributed by atoms with E-state index in [-0.39, 0.29) is 32.2 Å².